The van der Waals surface area contributed by atoms with Crippen LogP contribution in [0.1, 0.15) is 82.1 Å². The Labute approximate surface area is 148 Å². The third-order valence-corrected chi connectivity index (χ3v) is 5.59. The highest BCUT2D eigenvalue weighted by Gasteiger charge is 2.12. The fraction of sp³-hybridized carbons (Fsp3) is 0.500. The molecule has 1 aliphatic carbocycles. The number of hydrogen-bond acceptors (Lipinski definition) is 0. The molecule has 0 amide bonds. The molecule has 0 aliphatic heterocycles. The monoisotopic (exact) mass is 320 g/mol. The molecular formula is C24H32. The molecule has 0 nitrogen and oxygen atoms in total. The van der Waals surface area contributed by atoms with Crippen molar-refractivity contribution >= 4 is 0 Å². The molecule has 0 atom stereocenters. The molecule has 0 saturated heterocycles. The van der Waals surface area contributed by atoms with E-state index in [4.69, 9.17) is 0 Å². The van der Waals surface area contributed by atoms with Gasteiger partial charge in [0.2, 0.25) is 0 Å². The van der Waals surface area contributed by atoms with E-state index in [1.807, 2.05) is 0 Å². The second-order valence-corrected chi connectivity index (χ2v) is 7.44. The average Bonchev–Trinajstić information content (AvgIpc) is 2.63. The van der Waals surface area contributed by atoms with Crippen LogP contribution in [0.5, 0.6) is 0 Å². The maximum absolute atomic E-state index is 2.39. The summed E-state index contributed by atoms with van der Waals surface area (Å²) in [6, 6.07) is 20.1. The van der Waals surface area contributed by atoms with E-state index in [1.54, 1.807) is 5.56 Å². The molecule has 0 unspecified atom stereocenters. The lowest BCUT2D eigenvalue weighted by Gasteiger charge is -2.19. The summed E-state index contributed by atoms with van der Waals surface area (Å²) in [5, 5.41) is 0. The first-order chi connectivity index (χ1) is 11.9. The molecule has 1 aliphatic rings. The van der Waals surface area contributed by atoms with Gasteiger partial charge in [0.05, 0.1) is 0 Å². The van der Waals surface area contributed by atoms with Gasteiger partial charge in [-0.15, -0.1) is 0 Å². The third-order valence-electron chi connectivity index (χ3n) is 5.59. The van der Waals surface area contributed by atoms with Crippen molar-refractivity contribution in [3.63, 3.8) is 0 Å². The van der Waals surface area contributed by atoms with Crippen LogP contribution in [0.25, 0.3) is 11.1 Å². The molecule has 0 spiro atoms. The summed E-state index contributed by atoms with van der Waals surface area (Å²) in [5.74, 6) is 0.772. The summed E-state index contributed by atoms with van der Waals surface area (Å²) in [5.41, 5.74) is 4.22. The minimum Gasteiger partial charge on any atom is -0.0622 e. The Morgan fingerprint density at radius 3 is 1.46 bits per heavy atom. The quantitative estimate of drug-likeness (QED) is 0.530. The molecule has 0 heterocycles. The Morgan fingerprint density at radius 1 is 0.458 bits per heavy atom. The van der Waals surface area contributed by atoms with Gasteiger partial charge in [-0.25, -0.2) is 0 Å². The lowest BCUT2D eigenvalue weighted by molar-refractivity contribution is 0.467. The van der Waals surface area contributed by atoms with E-state index in [9.17, 15) is 0 Å². The highest BCUT2D eigenvalue weighted by molar-refractivity contribution is 5.63. The third kappa shape index (κ3) is 5.23. The highest BCUT2D eigenvalue weighted by Crippen LogP contribution is 2.31. The van der Waals surface area contributed by atoms with Gasteiger partial charge in [-0.3, -0.25) is 0 Å². The van der Waals surface area contributed by atoms with Gasteiger partial charge in [0.15, 0.2) is 0 Å². The molecule has 1 fully saturated rings. The Balaban J connectivity index is 1.65. The van der Waals surface area contributed by atoms with Gasteiger partial charge in [-0.05, 0) is 35.4 Å². The summed E-state index contributed by atoms with van der Waals surface area (Å²) in [6.07, 6.45) is 15.7. The molecule has 0 bridgehead atoms. The van der Waals surface area contributed by atoms with Gasteiger partial charge in [-0.1, -0.05) is 112 Å². The normalized spacial score (nSPS) is 18.5. The maximum Gasteiger partial charge on any atom is -0.0162 e. The van der Waals surface area contributed by atoms with Gasteiger partial charge in [0, 0.05) is 0 Å². The summed E-state index contributed by atoms with van der Waals surface area (Å²) in [7, 11) is 0. The van der Waals surface area contributed by atoms with E-state index in [0.717, 1.165) is 5.92 Å². The minimum absolute atomic E-state index is 0.772. The van der Waals surface area contributed by atoms with Gasteiger partial charge >= 0.3 is 0 Å². The number of benzene rings is 2. The molecule has 1 saturated carbocycles. The average molecular weight is 321 g/mol. The van der Waals surface area contributed by atoms with Gasteiger partial charge in [0.25, 0.3) is 0 Å². The van der Waals surface area contributed by atoms with Crippen molar-refractivity contribution in [1.29, 1.82) is 0 Å². The van der Waals surface area contributed by atoms with Gasteiger partial charge in [-0.2, -0.15) is 0 Å². The molecule has 0 N–H and O–H groups in total. The predicted octanol–water partition coefficient (Wildman–Crippen LogP) is 7.74. The van der Waals surface area contributed by atoms with E-state index in [0.29, 0.717) is 0 Å². The van der Waals surface area contributed by atoms with E-state index >= 15 is 0 Å². The van der Waals surface area contributed by atoms with Crippen molar-refractivity contribution in [1.82, 2.24) is 0 Å². The molecule has 24 heavy (non-hydrogen) atoms. The standard InChI is InChI=1S/C24H32/c1-2-4-6-9-13-21(14-10-7-5-3-1)23-17-19-24(20-18-23)22-15-11-8-12-16-22/h8,11-12,15-21H,1-7,9-10,13-14H2. The molecule has 0 heteroatoms. The second-order valence-electron chi connectivity index (χ2n) is 7.44. The Bertz CT molecular complexity index is 555. The van der Waals surface area contributed by atoms with Crippen LogP contribution in [0.3, 0.4) is 0 Å². The fourth-order valence-electron chi connectivity index (χ4n) is 4.07. The zero-order chi connectivity index (χ0) is 16.5. The molecular weight excluding hydrogens is 288 g/mol. The van der Waals surface area contributed by atoms with Crippen LogP contribution in [0.4, 0.5) is 0 Å². The van der Waals surface area contributed by atoms with E-state index in [-0.39, 0.29) is 0 Å². The topological polar surface area (TPSA) is 0 Å². The molecule has 128 valence electrons. The van der Waals surface area contributed by atoms with Crippen molar-refractivity contribution in [2.75, 3.05) is 0 Å². The smallest absolute Gasteiger partial charge is 0.0162 e. The summed E-state index contributed by atoms with van der Waals surface area (Å²) < 4.78 is 0. The first-order valence-corrected chi connectivity index (χ1v) is 10.1. The zero-order valence-corrected chi connectivity index (χ0v) is 15.1. The summed E-state index contributed by atoms with van der Waals surface area (Å²) in [6.45, 7) is 0. The molecule has 2 aromatic carbocycles. The minimum atomic E-state index is 0.772. The maximum atomic E-state index is 2.39. The van der Waals surface area contributed by atoms with Crippen LogP contribution in [-0.2, 0) is 0 Å². The van der Waals surface area contributed by atoms with E-state index < -0.39 is 0 Å². The first kappa shape index (κ1) is 17.3. The predicted molar refractivity (Wildman–Crippen MR) is 105 cm³/mol. The van der Waals surface area contributed by atoms with Crippen LogP contribution >= 0.6 is 0 Å². The van der Waals surface area contributed by atoms with Gasteiger partial charge in [0.1, 0.15) is 0 Å². The second kappa shape index (κ2) is 9.67. The molecule has 3 rings (SSSR count). The summed E-state index contributed by atoms with van der Waals surface area (Å²) in [4.78, 5) is 0. The largest absolute Gasteiger partial charge is 0.0622 e. The van der Waals surface area contributed by atoms with Crippen LogP contribution in [0.15, 0.2) is 54.6 Å². The van der Waals surface area contributed by atoms with Crippen LogP contribution < -0.4 is 0 Å². The summed E-state index contributed by atoms with van der Waals surface area (Å²) >= 11 is 0. The Morgan fingerprint density at radius 2 is 0.917 bits per heavy atom. The molecule has 2 aromatic rings. The Kier molecular flexibility index (Phi) is 6.96. The first-order valence-electron chi connectivity index (χ1n) is 10.1. The SMILES string of the molecule is c1ccc(-c2ccc(C3CCCCCCCCCCC3)cc2)cc1. The van der Waals surface area contributed by atoms with Crippen LogP contribution in [0.2, 0.25) is 0 Å². The lowest BCUT2D eigenvalue weighted by Crippen LogP contribution is -2.00. The van der Waals surface area contributed by atoms with Crippen molar-refractivity contribution in [3.05, 3.63) is 60.2 Å². The van der Waals surface area contributed by atoms with Crippen LogP contribution in [-0.4, -0.2) is 0 Å². The van der Waals surface area contributed by atoms with Crippen molar-refractivity contribution in [2.24, 2.45) is 0 Å². The van der Waals surface area contributed by atoms with Gasteiger partial charge < -0.3 is 0 Å². The Hall–Kier alpha value is -1.56. The van der Waals surface area contributed by atoms with Crippen molar-refractivity contribution in [3.8, 4) is 11.1 Å². The van der Waals surface area contributed by atoms with Crippen molar-refractivity contribution < 1.29 is 0 Å². The van der Waals surface area contributed by atoms with Crippen LogP contribution in [0, 0.1) is 0 Å². The number of rotatable bonds is 2. The lowest BCUT2D eigenvalue weighted by atomic mass is 9.87. The van der Waals surface area contributed by atoms with Crippen molar-refractivity contribution in [2.45, 2.75) is 76.5 Å². The zero-order valence-electron chi connectivity index (χ0n) is 15.1. The highest BCUT2D eigenvalue weighted by atomic mass is 14.2. The molecule has 0 radical (unpaired) electrons. The number of hydrogen-bond donors (Lipinski definition) is 0. The van der Waals surface area contributed by atoms with E-state index in [1.165, 1.54) is 81.8 Å². The van der Waals surface area contributed by atoms with E-state index in [2.05, 4.69) is 54.6 Å². The molecule has 0 aromatic heterocycles. The fourth-order valence-corrected chi connectivity index (χ4v) is 4.07.